The Morgan fingerprint density at radius 3 is 1.52 bits per heavy atom. The van der Waals surface area contributed by atoms with E-state index >= 15 is 0 Å². The van der Waals surface area contributed by atoms with Crippen LogP contribution in [0.3, 0.4) is 0 Å². The van der Waals surface area contributed by atoms with Gasteiger partial charge in [0.25, 0.3) is 0 Å². The first-order chi connectivity index (χ1) is 11.9. The lowest BCUT2D eigenvalue weighted by atomic mass is 9.96. The Morgan fingerprint density at radius 1 is 0.640 bits per heavy atom. The van der Waals surface area contributed by atoms with Gasteiger partial charge >= 0.3 is 7.60 Å². The summed E-state index contributed by atoms with van der Waals surface area (Å²) in [6.07, 6.45) is 2.23. The molecule has 6 unspecified atom stereocenters. The van der Waals surface area contributed by atoms with Crippen LogP contribution in [0.4, 0.5) is 13.2 Å². The normalized spacial score (nSPS) is 42.7. The number of alkyl halides is 3. The predicted octanol–water partition coefficient (Wildman–Crippen LogP) is 6.05. The van der Waals surface area contributed by atoms with Crippen LogP contribution in [0.25, 0.3) is 0 Å². The third-order valence-corrected chi connectivity index (χ3v) is 8.29. The molecule has 0 saturated heterocycles. The van der Waals surface area contributed by atoms with Gasteiger partial charge in [-0.15, -0.1) is 0 Å². The van der Waals surface area contributed by atoms with Gasteiger partial charge in [-0.05, 0) is 64.2 Å². The molecule has 0 bridgehead atoms. The molecular weight excluding hydrogens is 352 g/mol. The van der Waals surface area contributed by atoms with E-state index in [4.69, 9.17) is 9.05 Å². The fourth-order valence-corrected chi connectivity index (χ4v) is 6.97. The lowest BCUT2D eigenvalue weighted by Gasteiger charge is -2.37. The molecule has 3 nitrogen and oxygen atoms in total. The molecule has 3 aliphatic carbocycles. The maximum Gasteiger partial charge on any atom is 0.334 e. The highest BCUT2D eigenvalue weighted by molar-refractivity contribution is 7.54. The van der Waals surface area contributed by atoms with Gasteiger partial charge in [-0.1, -0.05) is 0 Å². The van der Waals surface area contributed by atoms with Crippen LogP contribution in [0.2, 0.25) is 0 Å². The lowest BCUT2D eigenvalue weighted by Crippen LogP contribution is -2.31. The smallest absolute Gasteiger partial charge is 0.305 e. The summed E-state index contributed by atoms with van der Waals surface area (Å²) in [6, 6.07) is 0. The monoisotopic (exact) mass is 382 g/mol. The highest BCUT2D eigenvalue weighted by Gasteiger charge is 2.44. The van der Waals surface area contributed by atoms with E-state index in [0.717, 1.165) is 0 Å². The maximum absolute atomic E-state index is 13.9. The van der Waals surface area contributed by atoms with E-state index < -0.39 is 44.0 Å². The molecule has 3 saturated carbocycles. The van der Waals surface area contributed by atoms with Gasteiger partial charge in [0.2, 0.25) is 0 Å². The maximum atomic E-state index is 13.9. The fourth-order valence-electron chi connectivity index (χ4n) is 4.37. The molecule has 25 heavy (non-hydrogen) atoms. The van der Waals surface area contributed by atoms with E-state index in [0.29, 0.717) is 57.8 Å². The van der Waals surface area contributed by atoms with E-state index in [2.05, 4.69) is 0 Å². The zero-order chi connectivity index (χ0) is 17.9. The van der Waals surface area contributed by atoms with Crippen molar-refractivity contribution in [1.82, 2.24) is 0 Å². The van der Waals surface area contributed by atoms with Gasteiger partial charge in [0.05, 0.1) is 17.9 Å². The Hall–Kier alpha value is -0.0600. The highest BCUT2D eigenvalue weighted by atomic mass is 31.2. The van der Waals surface area contributed by atoms with Crippen molar-refractivity contribution in [3.05, 3.63) is 0 Å². The first-order valence-electron chi connectivity index (χ1n) is 9.83. The quantitative estimate of drug-likeness (QED) is 0.543. The second-order valence-corrected chi connectivity index (χ2v) is 10.2. The number of hydrogen-bond donors (Lipinski definition) is 0. The van der Waals surface area contributed by atoms with Crippen LogP contribution in [-0.2, 0) is 13.6 Å². The minimum atomic E-state index is -3.60. The largest absolute Gasteiger partial charge is 0.334 e. The van der Waals surface area contributed by atoms with Crippen molar-refractivity contribution < 1.29 is 26.8 Å². The van der Waals surface area contributed by atoms with Crippen molar-refractivity contribution in [2.75, 3.05) is 0 Å². The zero-order valence-corrected chi connectivity index (χ0v) is 15.6. The van der Waals surface area contributed by atoms with Crippen LogP contribution in [-0.4, -0.2) is 36.4 Å². The summed E-state index contributed by atoms with van der Waals surface area (Å²) in [4.78, 5) is 0. The predicted molar refractivity (Wildman–Crippen MR) is 91.2 cm³/mol. The van der Waals surface area contributed by atoms with E-state index in [1.165, 1.54) is 0 Å². The standard InChI is InChI=1S/C18H30F3O3P/c19-13-4-1-7-16(10-13)23-25(22,18-9-3-6-15(21)12-18)24-17-8-2-5-14(20)11-17/h13-18H,1-12H2. The molecule has 0 N–H and O–H groups in total. The zero-order valence-electron chi connectivity index (χ0n) is 14.8. The minimum absolute atomic E-state index is 0.162. The molecule has 0 amide bonds. The first kappa shape index (κ1) is 19.7. The number of halogens is 3. The summed E-state index contributed by atoms with van der Waals surface area (Å²) in [5.74, 6) is 0. The van der Waals surface area contributed by atoms with Gasteiger partial charge < -0.3 is 9.05 Å². The molecule has 0 radical (unpaired) electrons. The molecule has 3 rings (SSSR count). The van der Waals surface area contributed by atoms with Crippen molar-refractivity contribution in [1.29, 1.82) is 0 Å². The molecule has 0 aromatic rings. The SMILES string of the molecule is O=P(OC1CCCC(F)C1)(OC1CCCC(F)C1)C1CCCC(F)C1. The Labute approximate surface area is 148 Å². The first-order valence-corrected chi connectivity index (χ1v) is 11.4. The van der Waals surface area contributed by atoms with Crippen molar-refractivity contribution in [3.8, 4) is 0 Å². The van der Waals surface area contributed by atoms with Gasteiger partial charge in [-0.3, -0.25) is 4.57 Å². The van der Waals surface area contributed by atoms with E-state index in [1.54, 1.807) is 0 Å². The lowest BCUT2D eigenvalue weighted by molar-refractivity contribution is 0.0415. The summed E-state index contributed by atoms with van der Waals surface area (Å²) in [6.45, 7) is 0. The van der Waals surface area contributed by atoms with E-state index in [9.17, 15) is 17.7 Å². The van der Waals surface area contributed by atoms with Crippen LogP contribution < -0.4 is 0 Å². The summed E-state index contributed by atoms with van der Waals surface area (Å²) < 4.78 is 66.7. The van der Waals surface area contributed by atoms with Crippen molar-refractivity contribution in [2.24, 2.45) is 0 Å². The molecule has 0 aromatic carbocycles. The molecule has 7 heteroatoms. The van der Waals surface area contributed by atoms with Gasteiger partial charge in [-0.2, -0.15) is 0 Å². The van der Waals surface area contributed by atoms with Crippen LogP contribution in [0, 0.1) is 0 Å². The van der Waals surface area contributed by atoms with Crippen LogP contribution >= 0.6 is 7.60 Å². The molecule has 0 heterocycles. The third kappa shape index (κ3) is 5.46. The highest BCUT2D eigenvalue weighted by Crippen LogP contribution is 2.61. The molecule has 3 fully saturated rings. The van der Waals surface area contributed by atoms with Gasteiger partial charge in [0.1, 0.15) is 18.5 Å². The molecule has 3 aliphatic rings. The molecule has 0 aromatic heterocycles. The average molecular weight is 382 g/mol. The van der Waals surface area contributed by atoms with Gasteiger partial charge in [-0.25, -0.2) is 13.2 Å². The van der Waals surface area contributed by atoms with Crippen molar-refractivity contribution in [2.45, 2.75) is 113 Å². The second kappa shape index (κ2) is 8.75. The van der Waals surface area contributed by atoms with E-state index in [1.807, 2.05) is 0 Å². The van der Waals surface area contributed by atoms with Crippen LogP contribution in [0.5, 0.6) is 0 Å². The molecule has 146 valence electrons. The second-order valence-electron chi connectivity index (χ2n) is 7.94. The number of rotatable bonds is 5. The van der Waals surface area contributed by atoms with Crippen LogP contribution in [0.1, 0.15) is 77.0 Å². The third-order valence-electron chi connectivity index (χ3n) is 5.75. The van der Waals surface area contributed by atoms with E-state index in [-0.39, 0.29) is 19.3 Å². The molecule has 6 atom stereocenters. The van der Waals surface area contributed by atoms with Crippen molar-refractivity contribution >= 4 is 7.60 Å². The Kier molecular flexibility index (Phi) is 6.89. The Morgan fingerprint density at radius 2 is 1.08 bits per heavy atom. The molecule has 0 spiro atoms. The fraction of sp³-hybridized carbons (Fsp3) is 1.00. The minimum Gasteiger partial charge on any atom is -0.305 e. The summed E-state index contributed by atoms with van der Waals surface area (Å²) >= 11 is 0. The van der Waals surface area contributed by atoms with Crippen LogP contribution in [0.15, 0.2) is 0 Å². The molecular formula is C18H30F3O3P. The topological polar surface area (TPSA) is 35.5 Å². The number of hydrogen-bond acceptors (Lipinski definition) is 3. The molecule has 0 aliphatic heterocycles. The average Bonchev–Trinajstić information content (AvgIpc) is 2.55. The Bertz CT molecular complexity index is 450. The summed E-state index contributed by atoms with van der Waals surface area (Å²) in [5.41, 5.74) is -0.490. The Balaban J connectivity index is 1.71. The summed E-state index contributed by atoms with van der Waals surface area (Å²) in [7, 11) is -3.60. The van der Waals surface area contributed by atoms with Gasteiger partial charge in [0.15, 0.2) is 0 Å². The van der Waals surface area contributed by atoms with Crippen molar-refractivity contribution in [3.63, 3.8) is 0 Å². The summed E-state index contributed by atoms with van der Waals surface area (Å²) in [5, 5.41) is 0. The van der Waals surface area contributed by atoms with Gasteiger partial charge in [0, 0.05) is 12.8 Å².